The third-order valence-electron chi connectivity index (χ3n) is 3.00. The summed E-state index contributed by atoms with van der Waals surface area (Å²) in [7, 11) is -3.73. The van der Waals surface area contributed by atoms with Crippen molar-refractivity contribution < 1.29 is 18.3 Å². The normalized spacial score (nSPS) is 13.4. The molecule has 0 spiro atoms. The fourth-order valence-corrected chi connectivity index (χ4v) is 4.17. The molecule has 0 bridgehead atoms. The van der Waals surface area contributed by atoms with Gasteiger partial charge in [-0.25, -0.2) is 8.42 Å². The molecule has 5 nitrogen and oxygen atoms in total. The molecular formula is C13H18ClNO4S. The summed E-state index contributed by atoms with van der Waals surface area (Å²) in [5.41, 5.74) is 0.540. The van der Waals surface area contributed by atoms with Crippen molar-refractivity contribution in [2.24, 2.45) is 0 Å². The Morgan fingerprint density at radius 2 is 2.05 bits per heavy atom. The van der Waals surface area contributed by atoms with Crippen LogP contribution in [0.25, 0.3) is 0 Å². The molecule has 0 radical (unpaired) electrons. The molecule has 1 aromatic carbocycles. The Morgan fingerprint density at radius 3 is 2.50 bits per heavy atom. The van der Waals surface area contributed by atoms with E-state index in [-0.39, 0.29) is 17.9 Å². The first-order valence-electron chi connectivity index (χ1n) is 6.20. The van der Waals surface area contributed by atoms with Crippen molar-refractivity contribution in [3.63, 3.8) is 0 Å². The molecule has 0 fully saturated rings. The molecule has 1 rings (SSSR count). The zero-order valence-corrected chi connectivity index (χ0v) is 13.2. The van der Waals surface area contributed by atoms with Crippen LogP contribution >= 0.6 is 11.6 Å². The molecule has 1 N–H and O–H groups in total. The van der Waals surface area contributed by atoms with Gasteiger partial charge in [-0.1, -0.05) is 18.5 Å². The van der Waals surface area contributed by atoms with E-state index in [4.69, 9.17) is 16.7 Å². The zero-order valence-electron chi connectivity index (χ0n) is 11.6. The summed E-state index contributed by atoms with van der Waals surface area (Å²) in [5.74, 6) is -1.03. The van der Waals surface area contributed by atoms with Gasteiger partial charge in [0.25, 0.3) is 0 Å². The van der Waals surface area contributed by atoms with E-state index in [1.165, 1.54) is 16.4 Å². The number of hydrogen-bond acceptors (Lipinski definition) is 3. The largest absolute Gasteiger partial charge is 0.481 e. The second kappa shape index (κ2) is 6.56. The van der Waals surface area contributed by atoms with Gasteiger partial charge < -0.3 is 5.11 Å². The second-order valence-electron chi connectivity index (χ2n) is 4.57. The van der Waals surface area contributed by atoms with Crippen LogP contribution in [0.5, 0.6) is 0 Å². The Hall–Kier alpha value is -1.11. The number of hydrogen-bond donors (Lipinski definition) is 1. The Morgan fingerprint density at radius 1 is 1.45 bits per heavy atom. The average Bonchev–Trinajstić information content (AvgIpc) is 2.27. The quantitative estimate of drug-likeness (QED) is 0.874. The fourth-order valence-electron chi connectivity index (χ4n) is 2.10. The third kappa shape index (κ3) is 3.71. The maximum atomic E-state index is 12.6. The van der Waals surface area contributed by atoms with Crippen LogP contribution in [0.3, 0.4) is 0 Å². The standard InChI is InChI=1S/C13H18ClNO4S/c1-4-15(10(3)8-13(16)17)20(18,19)12-6-5-11(14)7-9(12)2/h5-7,10H,4,8H2,1-3H3,(H,16,17). The molecule has 7 heteroatoms. The van der Waals surface area contributed by atoms with Crippen molar-refractivity contribution in [3.8, 4) is 0 Å². The van der Waals surface area contributed by atoms with E-state index in [1.54, 1.807) is 26.8 Å². The first-order valence-corrected chi connectivity index (χ1v) is 8.01. The van der Waals surface area contributed by atoms with E-state index in [1.807, 2.05) is 0 Å². The second-order valence-corrected chi connectivity index (χ2v) is 6.86. The maximum Gasteiger partial charge on any atom is 0.304 e. The molecule has 0 aliphatic carbocycles. The van der Waals surface area contributed by atoms with Gasteiger partial charge in [0.1, 0.15) is 0 Å². The highest BCUT2D eigenvalue weighted by molar-refractivity contribution is 7.89. The van der Waals surface area contributed by atoms with Crippen LogP contribution in [0, 0.1) is 6.92 Å². The first-order chi connectivity index (χ1) is 9.20. The van der Waals surface area contributed by atoms with Gasteiger partial charge in [0, 0.05) is 17.6 Å². The maximum absolute atomic E-state index is 12.6. The SMILES string of the molecule is CCN(C(C)CC(=O)O)S(=O)(=O)c1ccc(Cl)cc1C. The van der Waals surface area contributed by atoms with E-state index in [2.05, 4.69) is 0 Å². The lowest BCUT2D eigenvalue weighted by molar-refractivity contribution is -0.137. The Kier molecular flexibility index (Phi) is 5.56. The van der Waals surface area contributed by atoms with E-state index in [0.29, 0.717) is 10.6 Å². The van der Waals surface area contributed by atoms with Gasteiger partial charge in [0.15, 0.2) is 0 Å². The number of halogens is 1. The van der Waals surface area contributed by atoms with Crippen molar-refractivity contribution in [2.75, 3.05) is 6.54 Å². The Bertz CT molecular complexity index is 600. The summed E-state index contributed by atoms with van der Waals surface area (Å²) < 4.78 is 26.4. The fraction of sp³-hybridized carbons (Fsp3) is 0.462. The molecule has 0 aliphatic heterocycles. The molecule has 1 aromatic rings. The summed E-state index contributed by atoms with van der Waals surface area (Å²) in [6.45, 7) is 5.13. The molecule has 0 heterocycles. The Balaban J connectivity index is 3.21. The molecular weight excluding hydrogens is 302 g/mol. The number of rotatable bonds is 6. The number of aliphatic carboxylic acids is 1. The van der Waals surface area contributed by atoms with Gasteiger partial charge in [-0.3, -0.25) is 4.79 Å². The molecule has 0 amide bonds. The zero-order chi connectivity index (χ0) is 15.5. The molecule has 1 atom stereocenters. The minimum atomic E-state index is -3.73. The molecule has 0 saturated carbocycles. The lowest BCUT2D eigenvalue weighted by atomic mass is 10.2. The molecule has 0 aliphatic rings. The predicted molar refractivity (Wildman–Crippen MR) is 77.5 cm³/mol. The summed E-state index contributed by atoms with van der Waals surface area (Å²) in [6.07, 6.45) is -0.236. The summed E-state index contributed by atoms with van der Waals surface area (Å²) in [4.78, 5) is 10.9. The van der Waals surface area contributed by atoms with E-state index in [9.17, 15) is 13.2 Å². The number of carbonyl (C=O) groups is 1. The number of carboxylic acid groups (broad SMARTS) is 1. The highest BCUT2D eigenvalue weighted by Gasteiger charge is 2.30. The van der Waals surface area contributed by atoms with Crippen LogP contribution in [0.2, 0.25) is 5.02 Å². The van der Waals surface area contributed by atoms with Gasteiger partial charge >= 0.3 is 5.97 Å². The highest BCUT2D eigenvalue weighted by Crippen LogP contribution is 2.24. The molecule has 1 unspecified atom stereocenters. The van der Waals surface area contributed by atoms with Crippen LogP contribution in [0.15, 0.2) is 23.1 Å². The van der Waals surface area contributed by atoms with E-state index >= 15 is 0 Å². The summed E-state index contributed by atoms with van der Waals surface area (Å²) in [6, 6.07) is 3.92. The van der Waals surface area contributed by atoms with Gasteiger partial charge in [-0.2, -0.15) is 4.31 Å². The number of aryl methyl sites for hydroxylation is 1. The smallest absolute Gasteiger partial charge is 0.304 e. The van der Waals surface area contributed by atoms with Gasteiger partial charge in [-0.15, -0.1) is 0 Å². The van der Waals surface area contributed by atoms with Gasteiger partial charge in [-0.05, 0) is 37.6 Å². The minimum Gasteiger partial charge on any atom is -0.481 e. The van der Waals surface area contributed by atoms with Crippen LogP contribution < -0.4 is 0 Å². The highest BCUT2D eigenvalue weighted by atomic mass is 35.5. The van der Waals surface area contributed by atoms with Crippen LogP contribution in [-0.2, 0) is 14.8 Å². The average molecular weight is 320 g/mol. The number of nitrogens with zero attached hydrogens (tertiary/aromatic N) is 1. The third-order valence-corrected chi connectivity index (χ3v) is 5.48. The van der Waals surface area contributed by atoms with Crippen LogP contribution in [-0.4, -0.2) is 36.4 Å². The minimum absolute atomic E-state index is 0.154. The predicted octanol–water partition coefficient (Wildman–Crippen LogP) is 2.52. The topological polar surface area (TPSA) is 74.7 Å². The van der Waals surface area contributed by atoms with E-state index < -0.39 is 22.0 Å². The lowest BCUT2D eigenvalue weighted by Crippen LogP contribution is -2.39. The van der Waals surface area contributed by atoms with Crippen LogP contribution in [0.4, 0.5) is 0 Å². The van der Waals surface area contributed by atoms with Gasteiger partial charge in [0.2, 0.25) is 10.0 Å². The molecule has 20 heavy (non-hydrogen) atoms. The Labute approximate surface area is 124 Å². The van der Waals surface area contributed by atoms with Crippen molar-refractivity contribution in [1.82, 2.24) is 4.31 Å². The van der Waals surface area contributed by atoms with Crippen molar-refractivity contribution in [3.05, 3.63) is 28.8 Å². The lowest BCUT2D eigenvalue weighted by Gasteiger charge is -2.26. The number of benzene rings is 1. The number of sulfonamides is 1. The van der Waals surface area contributed by atoms with E-state index in [0.717, 1.165) is 0 Å². The van der Waals surface area contributed by atoms with Crippen molar-refractivity contribution in [2.45, 2.75) is 38.1 Å². The number of carboxylic acids is 1. The molecule has 0 saturated heterocycles. The summed E-state index contributed by atoms with van der Waals surface area (Å²) in [5, 5.41) is 9.28. The molecule has 0 aromatic heterocycles. The van der Waals surface area contributed by atoms with Crippen LogP contribution in [0.1, 0.15) is 25.8 Å². The van der Waals surface area contributed by atoms with Crippen molar-refractivity contribution >= 4 is 27.6 Å². The molecule has 112 valence electrons. The monoisotopic (exact) mass is 319 g/mol. The summed E-state index contributed by atoms with van der Waals surface area (Å²) >= 11 is 5.83. The van der Waals surface area contributed by atoms with Gasteiger partial charge in [0.05, 0.1) is 11.3 Å². The van der Waals surface area contributed by atoms with Crippen molar-refractivity contribution in [1.29, 1.82) is 0 Å². The first kappa shape index (κ1) is 16.9.